The van der Waals surface area contributed by atoms with Crippen LogP contribution in [-0.4, -0.2) is 36.3 Å². The van der Waals surface area contributed by atoms with E-state index in [4.69, 9.17) is 0 Å². The van der Waals surface area contributed by atoms with Crippen molar-refractivity contribution in [1.82, 2.24) is 4.90 Å². The van der Waals surface area contributed by atoms with Crippen LogP contribution in [0.5, 0.6) is 0 Å². The maximum Gasteiger partial charge on any atom is 0.224 e. The smallest absolute Gasteiger partial charge is 0.224 e. The largest absolute Gasteiger partial charge is 0.342 e. The minimum atomic E-state index is -0.0411. The summed E-state index contributed by atoms with van der Waals surface area (Å²) in [5, 5.41) is 0. The van der Waals surface area contributed by atoms with Crippen LogP contribution in [0.2, 0.25) is 0 Å². The second-order valence-corrected chi connectivity index (χ2v) is 7.30. The first kappa shape index (κ1) is 18.0. The van der Waals surface area contributed by atoms with Crippen molar-refractivity contribution in [2.24, 2.45) is 5.92 Å². The fourth-order valence-corrected chi connectivity index (χ4v) is 3.37. The molecule has 1 aliphatic rings. The molecule has 5 heteroatoms. The molecule has 1 unspecified atom stereocenters. The van der Waals surface area contributed by atoms with Crippen molar-refractivity contribution < 1.29 is 9.59 Å². The molecule has 23 heavy (non-hydrogen) atoms. The van der Waals surface area contributed by atoms with E-state index in [0.717, 1.165) is 35.2 Å². The molecule has 1 aromatic carbocycles. The number of benzene rings is 1. The van der Waals surface area contributed by atoms with Crippen LogP contribution in [0.25, 0.3) is 0 Å². The Balaban J connectivity index is 2.01. The van der Waals surface area contributed by atoms with Crippen LogP contribution in [0.1, 0.15) is 38.7 Å². The van der Waals surface area contributed by atoms with Gasteiger partial charge in [-0.3, -0.25) is 9.59 Å². The summed E-state index contributed by atoms with van der Waals surface area (Å²) in [7, 11) is 0. The summed E-state index contributed by atoms with van der Waals surface area (Å²) >= 11 is 3.50. The van der Waals surface area contributed by atoms with Crippen molar-refractivity contribution >= 4 is 33.4 Å². The fourth-order valence-electron chi connectivity index (χ4n) is 3.00. The number of carbonyl (C=O) groups excluding carboxylic acids is 2. The van der Waals surface area contributed by atoms with Crippen LogP contribution >= 0.6 is 15.9 Å². The molecule has 1 fully saturated rings. The summed E-state index contributed by atoms with van der Waals surface area (Å²) in [5.41, 5.74) is 1.95. The minimum Gasteiger partial charge on any atom is -0.342 e. The molecule has 0 spiro atoms. The normalized spacial score (nSPS) is 17.9. The molecule has 0 saturated carbocycles. The van der Waals surface area contributed by atoms with Gasteiger partial charge < -0.3 is 9.80 Å². The second kappa shape index (κ2) is 7.95. The number of anilines is 1. The molecule has 2 amide bonds. The Morgan fingerprint density at radius 3 is 2.74 bits per heavy atom. The van der Waals surface area contributed by atoms with Crippen LogP contribution in [0.4, 0.5) is 5.69 Å². The highest BCUT2D eigenvalue weighted by molar-refractivity contribution is 9.10. The van der Waals surface area contributed by atoms with Gasteiger partial charge in [0.15, 0.2) is 0 Å². The SMILES string of the molecule is CC(=O)N(CCC(=O)N1CCCC(C)C1)c1ccc(C)c(Br)c1. The highest BCUT2D eigenvalue weighted by Crippen LogP contribution is 2.24. The molecule has 126 valence electrons. The standard InChI is InChI=1S/C18H25BrN2O2/c1-13-5-4-9-20(12-13)18(23)8-10-21(15(3)22)16-7-6-14(2)17(19)11-16/h6-7,11,13H,4-5,8-10,12H2,1-3H3. The van der Waals surface area contributed by atoms with Gasteiger partial charge >= 0.3 is 0 Å². The van der Waals surface area contributed by atoms with Crippen molar-refractivity contribution in [2.75, 3.05) is 24.5 Å². The van der Waals surface area contributed by atoms with E-state index in [-0.39, 0.29) is 11.8 Å². The van der Waals surface area contributed by atoms with E-state index >= 15 is 0 Å². The number of hydrogen-bond donors (Lipinski definition) is 0. The zero-order valence-electron chi connectivity index (χ0n) is 14.1. The Morgan fingerprint density at radius 1 is 1.39 bits per heavy atom. The number of halogens is 1. The summed E-state index contributed by atoms with van der Waals surface area (Å²) < 4.78 is 0.970. The Bertz CT molecular complexity index is 588. The molecule has 1 aliphatic heterocycles. The molecule has 1 atom stereocenters. The van der Waals surface area contributed by atoms with E-state index in [1.54, 1.807) is 11.8 Å². The summed E-state index contributed by atoms with van der Waals surface area (Å²) in [6, 6.07) is 5.84. The number of carbonyl (C=O) groups is 2. The van der Waals surface area contributed by atoms with Crippen LogP contribution in [0, 0.1) is 12.8 Å². The van der Waals surface area contributed by atoms with E-state index < -0.39 is 0 Å². The quantitative estimate of drug-likeness (QED) is 0.797. The van der Waals surface area contributed by atoms with Crippen molar-refractivity contribution in [1.29, 1.82) is 0 Å². The van der Waals surface area contributed by atoms with Gasteiger partial charge in [0.2, 0.25) is 11.8 Å². The number of rotatable bonds is 4. The van der Waals surface area contributed by atoms with Crippen LogP contribution in [0.15, 0.2) is 22.7 Å². The van der Waals surface area contributed by atoms with Crippen molar-refractivity contribution in [3.8, 4) is 0 Å². The van der Waals surface area contributed by atoms with E-state index in [1.165, 1.54) is 6.42 Å². The Labute approximate surface area is 147 Å². The van der Waals surface area contributed by atoms with Crippen molar-refractivity contribution in [3.63, 3.8) is 0 Å². The van der Waals surface area contributed by atoms with Gasteiger partial charge in [-0.05, 0) is 43.4 Å². The van der Waals surface area contributed by atoms with Gasteiger partial charge in [0.05, 0.1) is 0 Å². The lowest BCUT2D eigenvalue weighted by Crippen LogP contribution is -2.41. The molecule has 0 N–H and O–H groups in total. The molecule has 1 aromatic rings. The van der Waals surface area contributed by atoms with Crippen LogP contribution < -0.4 is 4.90 Å². The first-order valence-electron chi connectivity index (χ1n) is 8.20. The Morgan fingerprint density at radius 2 is 2.13 bits per heavy atom. The predicted octanol–water partition coefficient (Wildman–Crippen LogP) is 3.76. The van der Waals surface area contributed by atoms with E-state index in [9.17, 15) is 9.59 Å². The zero-order valence-corrected chi connectivity index (χ0v) is 15.7. The number of nitrogens with zero attached hydrogens (tertiary/aromatic N) is 2. The minimum absolute atomic E-state index is 0.0411. The summed E-state index contributed by atoms with van der Waals surface area (Å²) in [6.07, 6.45) is 2.65. The Hall–Kier alpha value is -1.36. The van der Waals surface area contributed by atoms with Gasteiger partial charge in [0.1, 0.15) is 0 Å². The third-order valence-electron chi connectivity index (χ3n) is 4.41. The van der Waals surface area contributed by atoms with Crippen LogP contribution in [-0.2, 0) is 9.59 Å². The highest BCUT2D eigenvalue weighted by Gasteiger charge is 2.22. The van der Waals surface area contributed by atoms with E-state index in [1.807, 2.05) is 30.0 Å². The van der Waals surface area contributed by atoms with E-state index in [0.29, 0.717) is 18.9 Å². The van der Waals surface area contributed by atoms with E-state index in [2.05, 4.69) is 22.9 Å². The zero-order chi connectivity index (χ0) is 17.0. The van der Waals surface area contributed by atoms with Crippen LogP contribution in [0.3, 0.4) is 0 Å². The van der Waals surface area contributed by atoms with Gasteiger partial charge in [0.25, 0.3) is 0 Å². The number of likely N-dealkylation sites (tertiary alicyclic amines) is 1. The highest BCUT2D eigenvalue weighted by atomic mass is 79.9. The van der Waals surface area contributed by atoms with Gasteiger partial charge in [-0.15, -0.1) is 0 Å². The fraction of sp³-hybridized carbons (Fsp3) is 0.556. The molecule has 0 aliphatic carbocycles. The summed E-state index contributed by atoms with van der Waals surface area (Å²) in [5.74, 6) is 0.680. The monoisotopic (exact) mass is 380 g/mol. The molecular weight excluding hydrogens is 356 g/mol. The topological polar surface area (TPSA) is 40.6 Å². The third kappa shape index (κ3) is 4.80. The summed E-state index contributed by atoms with van der Waals surface area (Å²) in [6.45, 7) is 7.85. The predicted molar refractivity (Wildman–Crippen MR) is 96.5 cm³/mol. The second-order valence-electron chi connectivity index (χ2n) is 6.44. The lowest BCUT2D eigenvalue weighted by Gasteiger charge is -2.31. The molecule has 2 rings (SSSR count). The lowest BCUT2D eigenvalue weighted by molar-refractivity contribution is -0.132. The molecule has 0 radical (unpaired) electrons. The van der Waals surface area contributed by atoms with Crippen molar-refractivity contribution in [3.05, 3.63) is 28.2 Å². The molecule has 4 nitrogen and oxygen atoms in total. The molecular formula is C18H25BrN2O2. The van der Waals surface area contributed by atoms with Crippen molar-refractivity contribution in [2.45, 2.75) is 40.0 Å². The number of amides is 2. The summed E-state index contributed by atoms with van der Waals surface area (Å²) in [4.78, 5) is 28.0. The average Bonchev–Trinajstić information content (AvgIpc) is 2.50. The maximum atomic E-state index is 12.4. The number of piperidine rings is 1. The average molecular weight is 381 g/mol. The Kier molecular flexibility index (Phi) is 6.22. The third-order valence-corrected chi connectivity index (χ3v) is 5.26. The molecule has 1 saturated heterocycles. The van der Waals surface area contributed by atoms with Gasteiger partial charge in [-0.1, -0.05) is 28.9 Å². The number of hydrogen-bond acceptors (Lipinski definition) is 2. The lowest BCUT2D eigenvalue weighted by atomic mass is 10.00. The van der Waals surface area contributed by atoms with Gasteiger partial charge in [0, 0.05) is 43.1 Å². The van der Waals surface area contributed by atoms with Gasteiger partial charge in [-0.2, -0.15) is 0 Å². The first-order valence-corrected chi connectivity index (χ1v) is 9.00. The maximum absolute atomic E-state index is 12.4. The molecule has 0 bridgehead atoms. The first-order chi connectivity index (χ1) is 10.9. The molecule has 1 heterocycles. The van der Waals surface area contributed by atoms with Gasteiger partial charge in [-0.25, -0.2) is 0 Å². The number of aryl methyl sites for hydroxylation is 1. The molecule has 0 aromatic heterocycles.